The smallest absolute Gasteiger partial charge is 0.153 e. The van der Waals surface area contributed by atoms with Crippen LogP contribution in [0.15, 0.2) is 22.7 Å². The maximum Gasteiger partial charge on any atom is 0.153 e. The van der Waals surface area contributed by atoms with Crippen molar-refractivity contribution in [2.75, 3.05) is 12.8 Å². The lowest BCUT2D eigenvalue weighted by Gasteiger charge is -2.23. The zero-order valence-corrected chi connectivity index (χ0v) is 13.8. The number of hydrogen-bond donors (Lipinski definition) is 1. The third kappa shape index (κ3) is 4.23. The van der Waals surface area contributed by atoms with Gasteiger partial charge in [0, 0.05) is 28.8 Å². The second-order valence-corrected chi connectivity index (χ2v) is 8.81. The first kappa shape index (κ1) is 16.0. The van der Waals surface area contributed by atoms with Crippen LogP contribution in [0.2, 0.25) is 5.02 Å². The van der Waals surface area contributed by atoms with Crippen LogP contribution in [0.1, 0.15) is 19.4 Å². The second-order valence-electron chi connectivity index (χ2n) is 4.87. The van der Waals surface area contributed by atoms with Gasteiger partial charge in [0.25, 0.3) is 0 Å². The molecular weight excluding hydrogens is 338 g/mol. The second kappa shape index (κ2) is 5.90. The van der Waals surface area contributed by atoms with Gasteiger partial charge < -0.3 is 5.32 Å². The largest absolute Gasteiger partial charge is 0.311 e. The molecule has 0 saturated carbocycles. The van der Waals surface area contributed by atoms with Crippen molar-refractivity contribution in [1.29, 1.82) is 0 Å². The molecule has 0 bridgehead atoms. The van der Waals surface area contributed by atoms with Crippen LogP contribution in [0.4, 0.5) is 0 Å². The van der Waals surface area contributed by atoms with Crippen LogP contribution >= 0.6 is 27.5 Å². The predicted molar refractivity (Wildman–Crippen MR) is 79.8 cm³/mol. The molecule has 0 saturated heterocycles. The minimum Gasteiger partial charge on any atom is -0.311 e. The molecule has 0 aliphatic heterocycles. The standard InChI is InChI=1S/C12H17BrClNO2S/c1-12(2,18(3,16)17)8-15-7-9-6-10(14)4-5-11(9)13/h4-6,15H,7-8H2,1-3H3. The Balaban J connectivity index is 2.65. The Kier molecular flexibility index (Phi) is 5.23. The van der Waals surface area contributed by atoms with E-state index in [9.17, 15) is 8.42 Å². The molecule has 18 heavy (non-hydrogen) atoms. The lowest BCUT2D eigenvalue weighted by Crippen LogP contribution is -2.41. The topological polar surface area (TPSA) is 46.2 Å². The fourth-order valence-electron chi connectivity index (χ4n) is 1.31. The van der Waals surface area contributed by atoms with Gasteiger partial charge in [0.1, 0.15) is 0 Å². The van der Waals surface area contributed by atoms with Gasteiger partial charge in [0.05, 0.1) is 4.75 Å². The van der Waals surface area contributed by atoms with Crippen molar-refractivity contribution < 1.29 is 8.42 Å². The highest BCUT2D eigenvalue weighted by molar-refractivity contribution is 9.10. The zero-order valence-electron chi connectivity index (χ0n) is 10.6. The minimum atomic E-state index is -3.08. The lowest BCUT2D eigenvalue weighted by molar-refractivity contribution is 0.521. The fraction of sp³-hybridized carbons (Fsp3) is 0.500. The Hall–Kier alpha value is -0.100. The van der Waals surface area contributed by atoms with Gasteiger partial charge in [-0.2, -0.15) is 0 Å². The van der Waals surface area contributed by atoms with Gasteiger partial charge in [-0.15, -0.1) is 0 Å². The van der Waals surface area contributed by atoms with Gasteiger partial charge in [-0.1, -0.05) is 27.5 Å². The fourth-order valence-corrected chi connectivity index (χ4v) is 2.25. The number of rotatable bonds is 5. The zero-order chi connectivity index (χ0) is 14.0. The molecule has 1 aromatic rings. The summed E-state index contributed by atoms with van der Waals surface area (Å²) in [6.07, 6.45) is 1.25. The van der Waals surface area contributed by atoms with Gasteiger partial charge in [-0.05, 0) is 37.6 Å². The SMILES string of the molecule is CC(C)(CNCc1cc(Cl)ccc1Br)S(C)(=O)=O. The van der Waals surface area contributed by atoms with Crippen LogP contribution in [0, 0.1) is 0 Å². The maximum atomic E-state index is 11.5. The Morgan fingerprint density at radius 1 is 1.39 bits per heavy atom. The van der Waals surface area contributed by atoms with E-state index in [4.69, 9.17) is 11.6 Å². The van der Waals surface area contributed by atoms with E-state index in [1.165, 1.54) is 6.26 Å². The van der Waals surface area contributed by atoms with Gasteiger partial charge in [-0.3, -0.25) is 0 Å². The molecule has 1 rings (SSSR count). The van der Waals surface area contributed by atoms with Crippen LogP contribution in [0.25, 0.3) is 0 Å². The van der Waals surface area contributed by atoms with Crippen molar-refractivity contribution in [3.63, 3.8) is 0 Å². The summed E-state index contributed by atoms with van der Waals surface area (Å²) in [6, 6.07) is 5.53. The third-order valence-corrected chi connectivity index (χ3v) is 6.04. The summed E-state index contributed by atoms with van der Waals surface area (Å²) in [6.45, 7) is 4.38. The molecule has 0 aromatic heterocycles. The van der Waals surface area contributed by atoms with E-state index in [1.54, 1.807) is 19.9 Å². The first-order chi connectivity index (χ1) is 8.13. The highest BCUT2D eigenvalue weighted by atomic mass is 79.9. The number of sulfone groups is 1. The molecule has 3 nitrogen and oxygen atoms in total. The predicted octanol–water partition coefficient (Wildman–Crippen LogP) is 3.02. The van der Waals surface area contributed by atoms with Crippen molar-refractivity contribution in [2.45, 2.75) is 25.1 Å². The molecule has 0 aliphatic rings. The average molecular weight is 355 g/mol. The van der Waals surface area contributed by atoms with Gasteiger partial charge in [0.15, 0.2) is 9.84 Å². The molecule has 6 heteroatoms. The van der Waals surface area contributed by atoms with Crippen molar-refractivity contribution >= 4 is 37.4 Å². The molecular formula is C12H17BrClNO2S. The summed E-state index contributed by atoms with van der Waals surface area (Å²) in [5.41, 5.74) is 1.01. The maximum absolute atomic E-state index is 11.5. The summed E-state index contributed by atoms with van der Waals surface area (Å²) in [7, 11) is -3.08. The highest BCUT2D eigenvalue weighted by Crippen LogP contribution is 2.21. The van der Waals surface area contributed by atoms with Crippen molar-refractivity contribution in [3.05, 3.63) is 33.3 Å². The molecule has 0 atom stereocenters. The molecule has 0 unspecified atom stereocenters. The Bertz CT molecular complexity index is 529. The van der Waals surface area contributed by atoms with Crippen LogP contribution in [-0.4, -0.2) is 26.0 Å². The number of nitrogens with one attached hydrogen (secondary N) is 1. The average Bonchev–Trinajstić information content (AvgIpc) is 2.21. The number of hydrogen-bond acceptors (Lipinski definition) is 3. The van der Waals surface area contributed by atoms with E-state index < -0.39 is 14.6 Å². The van der Waals surface area contributed by atoms with Gasteiger partial charge in [-0.25, -0.2) is 8.42 Å². The van der Waals surface area contributed by atoms with Crippen molar-refractivity contribution in [3.8, 4) is 0 Å². The van der Waals surface area contributed by atoms with Crippen LogP contribution in [0.3, 0.4) is 0 Å². The summed E-state index contributed by atoms with van der Waals surface area (Å²) < 4.78 is 23.3. The summed E-state index contributed by atoms with van der Waals surface area (Å²) >= 11 is 9.35. The third-order valence-electron chi connectivity index (χ3n) is 2.88. The van der Waals surface area contributed by atoms with Crippen LogP contribution < -0.4 is 5.32 Å². The van der Waals surface area contributed by atoms with Crippen molar-refractivity contribution in [1.82, 2.24) is 5.32 Å². The molecule has 0 aliphatic carbocycles. The lowest BCUT2D eigenvalue weighted by atomic mass is 10.2. The van der Waals surface area contributed by atoms with Gasteiger partial charge in [0.2, 0.25) is 0 Å². The van der Waals surface area contributed by atoms with Crippen LogP contribution in [0.5, 0.6) is 0 Å². The molecule has 0 heterocycles. The quantitative estimate of drug-likeness (QED) is 0.884. The molecule has 0 amide bonds. The van der Waals surface area contributed by atoms with E-state index in [0.29, 0.717) is 18.1 Å². The normalized spacial score (nSPS) is 12.7. The summed E-state index contributed by atoms with van der Waals surface area (Å²) in [5.74, 6) is 0. The van der Waals surface area contributed by atoms with E-state index >= 15 is 0 Å². The van der Waals surface area contributed by atoms with Gasteiger partial charge >= 0.3 is 0 Å². The Morgan fingerprint density at radius 2 is 2.00 bits per heavy atom. The number of halogens is 2. The molecule has 0 spiro atoms. The van der Waals surface area contributed by atoms with Crippen molar-refractivity contribution in [2.24, 2.45) is 0 Å². The molecule has 1 aromatic carbocycles. The molecule has 0 fully saturated rings. The monoisotopic (exact) mass is 353 g/mol. The van der Waals surface area contributed by atoms with Crippen LogP contribution in [-0.2, 0) is 16.4 Å². The van der Waals surface area contributed by atoms with E-state index in [-0.39, 0.29) is 0 Å². The van der Waals surface area contributed by atoms with E-state index in [1.807, 2.05) is 12.1 Å². The van der Waals surface area contributed by atoms with E-state index in [0.717, 1.165) is 10.0 Å². The Morgan fingerprint density at radius 3 is 2.56 bits per heavy atom. The first-order valence-electron chi connectivity index (χ1n) is 5.48. The first-order valence-corrected chi connectivity index (χ1v) is 8.54. The molecule has 1 N–H and O–H groups in total. The minimum absolute atomic E-state index is 0.394. The summed E-state index contributed by atoms with van der Waals surface area (Å²) in [5, 5.41) is 3.81. The number of benzene rings is 1. The van der Waals surface area contributed by atoms with E-state index in [2.05, 4.69) is 21.2 Å². The molecule has 0 radical (unpaired) electrons. The summed E-state index contributed by atoms with van der Waals surface area (Å²) in [4.78, 5) is 0. The highest BCUT2D eigenvalue weighted by Gasteiger charge is 2.29. The Labute approximate surface area is 122 Å². The molecule has 102 valence electrons.